The van der Waals surface area contributed by atoms with E-state index in [0.29, 0.717) is 11.9 Å². The maximum absolute atomic E-state index is 12.4. The second-order valence-electron chi connectivity index (χ2n) is 7.78. The molecule has 1 saturated heterocycles. The number of hydrogen-bond acceptors (Lipinski definition) is 3. The Kier molecular flexibility index (Phi) is 9.11. The zero-order chi connectivity index (χ0) is 20.4. The molecule has 1 fully saturated rings. The summed E-state index contributed by atoms with van der Waals surface area (Å²) in [6.07, 6.45) is 3.42. The number of nitrogens with one attached hydrogen (secondary N) is 2. The zero-order valence-corrected chi connectivity index (χ0v) is 17.8. The fraction of sp³-hybridized carbons (Fsp3) is 0.636. The van der Waals surface area contributed by atoms with Crippen molar-refractivity contribution < 1.29 is 9.53 Å². The smallest absolute Gasteiger partial charge is 0.244 e. The van der Waals surface area contributed by atoms with Crippen LogP contribution >= 0.6 is 0 Å². The normalized spacial score (nSPS) is 16.0. The summed E-state index contributed by atoms with van der Waals surface area (Å²) in [4.78, 5) is 18.8. The molecular formula is C22H36N4O2. The second-order valence-corrected chi connectivity index (χ2v) is 7.78. The van der Waals surface area contributed by atoms with Crippen LogP contribution in [0.3, 0.4) is 0 Å². The lowest BCUT2D eigenvalue weighted by atomic mass is 10.1. The molecule has 1 aliphatic rings. The maximum atomic E-state index is 12.4. The number of piperidine rings is 1. The minimum absolute atomic E-state index is 0.0713. The molecule has 2 N–H and O–H groups in total. The number of aliphatic imine (C=N–C) groups is 1. The van der Waals surface area contributed by atoms with E-state index >= 15 is 0 Å². The van der Waals surface area contributed by atoms with Crippen molar-refractivity contribution in [1.29, 1.82) is 0 Å². The van der Waals surface area contributed by atoms with Crippen molar-refractivity contribution in [3.8, 4) is 5.75 Å². The van der Waals surface area contributed by atoms with Crippen LogP contribution in [0.1, 0.15) is 58.6 Å². The molecule has 2 rings (SSSR count). The second kappa shape index (κ2) is 11.6. The van der Waals surface area contributed by atoms with Crippen LogP contribution in [0.15, 0.2) is 29.3 Å². The first-order chi connectivity index (χ1) is 13.5. The number of carbonyl (C=O) groups excluding carboxylic acids is 1. The Morgan fingerprint density at radius 2 is 1.82 bits per heavy atom. The van der Waals surface area contributed by atoms with Gasteiger partial charge in [-0.15, -0.1) is 0 Å². The van der Waals surface area contributed by atoms with Gasteiger partial charge in [-0.2, -0.15) is 0 Å². The van der Waals surface area contributed by atoms with Crippen LogP contribution in [0.5, 0.6) is 5.75 Å². The molecule has 0 aromatic heterocycles. The molecular weight excluding hydrogens is 352 g/mol. The molecule has 1 heterocycles. The number of carbonyl (C=O) groups is 1. The molecule has 0 radical (unpaired) electrons. The predicted octanol–water partition coefficient (Wildman–Crippen LogP) is 3.35. The molecule has 0 bridgehead atoms. The van der Waals surface area contributed by atoms with E-state index in [2.05, 4.69) is 48.5 Å². The molecule has 0 spiro atoms. The fourth-order valence-electron chi connectivity index (χ4n) is 3.11. The fourth-order valence-corrected chi connectivity index (χ4v) is 3.11. The lowest BCUT2D eigenvalue weighted by Gasteiger charge is -2.26. The predicted molar refractivity (Wildman–Crippen MR) is 115 cm³/mol. The standard InChI is InChI=1S/C22H36N4O2/c1-5-23-22(24-15-21(27)26-13-7-6-8-14-26)25-18(4)19-9-11-20(12-10-19)28-16-17(2)3/h9-12,17-18H,5-8,13-16H2,1-4H3,(H2,23,24,25). The lowest BCUT2D eigenvalue weighted by Crippen LogP contribution is -2.41. The number of likely N-dealkylation sites (tertiary alicyclic amines) is 1. The molecule has 1 unspecified atom stereocenters. The van der Waals surface area contributed by atoms with Gasteiger partial charge in [0.1, 0.15) is 12.3 Å². The number of nitrogens with zero attached hydrogens (tertiary/aromatic N) is 2. The average Bonchev–Trinajstić information content (AvgIpc) is 2.71. The Hall–Kier alpha value is -2.24. The first-order valence-corrected chi connectivity index (χ1v) is 10.5. The summed E-state index contributed by atoms with van der Waals surface area (Å²) >= 11 is 0. The van der Waals surface area contributed by atoms with Gasteiger partial charge in [0.15, 0.2) is 5.96 Å². The Labute approximate surface area is 169 Å². The lowest BCUT2D eigenvalue weighted by molar-refractivity contribution is -0.130. The van der Waals surface area contributed by atoms with Crippen LogP contribution in [0, 0.1) is 5.92 Å². The number of guanidine groups is 1. The van der Waals surface area contributed by atoms with E-state index in [4.69, 9.17) is 4.74 Å². The topological polar surface area (TPSA) is 66.0 Å². The molecule has 1 amide bonds. The van der Waals surface area contributed by atoms with Gasteiger partial charge >= 0.3 is 0 Å². The van der Waals surface area contributed by atoms with Crippen molar-refractivity contribution in [3.05, 3.63) is 29.8 Å². The molecule has 0 saturated carbocycles. The monoisotopic (exact) mass is 388 g/mol. The summed E-state index contributed by atoms with van der Waals surface area (Å²) in [7, 11) is 0. The van der Waals surface area contributed by atoms with Gasteiger partial charge in [-0.25, -0.2) is 4.99 Å². The number of benzene rings is 1. The summed E-state index contributed by atoms with van der Waals surface area (Å²) < 4.78 is 5.75. The average molecular weight is 389 g/mol. The van der Waals surface area contributed by atoms with E-state index in [1.165, 1.54) is 6.42 Å². The third-order valence-electron chi connectivity index (χ3n) is 4.74. The molecule has 6 heteroatoms. The highest BCUT2D eigenvalue weighted by Crippen LogP contribution is 2.18. The third kappa shape index (κ3) is 7.41. The van der Waals surface area contributed by atoms with E-state index in [-0.39, 0.29) is 18.5 Å². The highest BCUT2D eigenvalue weighted by atomic mass is 16.5. The third-order valence-corrected chi connectivity index (χ3v) is 4.74. The van der Waals surface area contributed by atoms with Crippen LogP contribution in [0.25, 0.3) is 0 Å². The van der Waals surface area contributed by atoms with E-state index in [1.54, 1.807) is 0 Å². The van der Waals surface area contributed by atoms with Gasteiger partial charge in [-0.3, -0.25) is 4.79 Å². The Balaban J connectivity index is 1.91. The van der Waals surface area contributed by atoms with Crippen LogP contribution in [-0.4, -0.2) is 49.6 Å². The van der Waals surface area contributed by atoms with Gasteiger partial charge in [0.2, 0.25) is 5.91 Å². The first-order valence-electron chi connectivity index (χ1n) is 10.5. The molecule has 1 aliphatic heterocycles. The highest BCUT2D eigenvalue weighted by molar-refractivity contribution is 5.85. The first kappa shape index (κ1) is 22.1. The number of rotatable bonds is 8. The number of ether oxygens (including phenoxy) is 1. The molecule has 6 nitrogen and oxygen atoms in total. The highest BCUT2D eigenvalue weighted by Gasteiger charge is 2.16. The van der Waals surface area contributed by atoms with Crippen molar-refractivity contribution in [3.63, 3.8) is 0 Å². The van der Waals surface area contributed by atoms with Crippen molar-refractivity contribution in [2.45, 2.75) is 53.0 Å². The van der Waals surface area contributed by atoms with Gasteiger partial charge in [-0.1, -0.05) is 26.0 Å². The maximum Gasteiger partial charge on any atom is 0.244 e. The Morgan fingerprint density at radius 3 is 2.43 bits per heavy atom. The largest absolute Gasteiger partial charge is 0.493 e. The van der Waals surface area contributed by atoms with Crippen LogP contribution < -0.4 is 15.4 Å². The van der Waals surface area contributed by atoms with E-state index in [1.807, 2.05) is 24.0 Å². The quantitative estimate of drug-likeness (QED) is 0.529. The molecule has 156 valence electrons. The summed E-state index contributed by atoms with van der Waals surface area (Å²) in [5.74, 6) is 2.17. The number of hydrogen-bond donors (Lipinski definition) is 2. The van der Waals surface area contributed by atoms with Crippen molar-refractivity contribution in [2.24, 2.45) is 10.9 Å². The van der Waals surface area contributed by atoms with Crippen LogP contribution in [0.4, 0.5) is 0 Å². The van der Waals surface area contributed by atoms with Crippen molar-refractivity contribution in [1.82, 2.24) is 15.5 Å². The van der Waals surface area contributed by atoms with Crippen LogP contribution in [0.2, 0.25) is 0 Å². The molecule has 1 atom stereocenters. The van der Waals surface area contributed by atoms with Gasteiger partial charge in [0.05, 0.1) is 12.6 Å². The minimum Gasteiger partial charge on any atom is -0.493 e. The van der Waals surface area contributed by atoms with Gasteiger partial charge < -0.3 is 20.3 Å². The van der Waals surface area contributed by atoms with E-state index in [9.17, 15) is 4.79 Å². The minimum atomic E-state index is 0.0713. The van der Waals surface area contributed by atoms with E-state index < -0.39 is 0 Å². The Bertz CT molecular complexity index is 622. The van der Waals surface area contributed by atoms with Crippen molar-refractivity contribution >= 4 is 11.9 Å². The summed E-state index contributed by atoms with van der Waals surface area (Å²) in [5, 5.41) is 6.62. The summed E-state index contributed by atoms with van der Waals surface area (Å²) in [6.45, 7) is 11.8. The van der Waals surface area contributed by atoms with Gasteiger partial charge in [0, 0.05) is 19.6 Å². The Morgan fingerprint density at radius 1 is 1.14 bits per heavy atom. The van der Waals surface area contributed by atoms with Gasteiger partial charge in [-0.05, 0) is 56.7 Å². The summed E-state index contributed by atoms with van der Waals surface area (Å²) in [6, 6.07) is 8.20. The molecule has 1 aromatic rings. The molecule has 0 aliphatic carbocycles. The van der Waals surface area contributed by atoms with Gasteiger partial charge in [0.25, 0.3) is 0 Å². The zero-order valence-electron chi connectivity index (χ0n) is 17.8. The molecule has 1 aromatic carbocycles. The summed E-state index contributed by atoms with van der Waals surface area (Å²) in [5.41, 5.74) is 1.14. The SMILES string of the molecule is CCNC(=NCC(=O)N1CCCCC1)NC(C)c1ccc(OCC(C)C)cc1. The van der Waals surface area contributed by atoms with Crippen LogP contribution in [-0.2, 0) is 4.79 Å². The molecule has 28 heavy (non-hydrogen) atoms. The van der Waals surface area contributed by atoms with E-state index in [0.717, 1.165) is 50.4 Å². The number of amides is 1. The van der Waals surface area contributed by atoms with Crippen molar-refractivity contribution in [2.75, 3.05) is 32.8 Å².